The molecule has 0 bridgehead atoms. The number of carbonyl (C=O) groups is 3. The van der Waals surface area contributed by atoms with Crippen molar-refractivity contribution in [2.45, 2.75) is 51.4 Å². The number of hydrogen-bond donors (Lipinski definition) is 4. The third kappa shape index (κ3) is 6.60. The molecule has 0 aliphatic carbocycles. The molecule has 2 aromatic rings. The summed E-state index contributed by atoms with van der Waals surface area (Å²) in [5.41, 5.74) is 8.52. The van der Waals surface area contributed by atoms with Gasteiger partial charge in [0.2, 0.25) is 11.7 Å². The second kappa shape index (κ2) is 10.8. The van der Waals surface area contributed by atoms with E-state index in [1.807, 2.05) is 6.07 Å². The van der Waals surface area contributed by atoms with Crippen molar-refractivity contribution >= 4 is 34.8 Å². The maximum Gasteiger partial charge on any atom is 0.372 e. The van der Waals surface area contributed by atoms with Crippen LogP contribution < -0.4 is 5.32 Å². The first-order chi connectivity index (χ1) is 14.7. The lowest BCUT2D eigenvalue weighted by atomic mass is 10.0. The largest absolute Gasteiger partial charge is 0.461 e. The van der Waals surface area contributed by atoms with Gasteiger partial charge in [0.1, 0.15) is 12.1 Å². The van der Waals surface area contributed by atoms with Crippen molar-refractivity contribution in [1.82, 2.24) is 10.3 Å². The zero-order valence-corrected chi connectivity index (χ0v) is 17.2. The number of aliphatic hydroxyl groups excluding tert-OH is 1. The Labute approximate surface area is 178 Å². The van der Waals surface area contributed by atoms with Crippen molar-refractivity contribution in [3.63, 3.8) is 0 Å². The Hall–Kier alpha value is -3.80. The lowest BCUT2D eigenvalue weighted by Gasteiger charge is -2.20. The van der Waals surface area contributed by atoms with E-state index in [-0.39, 0.29) is 19.3 Å². The minimum Gasteiger partial charge on any atom is -0.461 e. The van der Waals surface area contributed by atoms with Crippen molar-refractivity contribution in [2.24, 2.45) is 0 Å². The number of carbonyl (C=O) groups excluding carboxylic acids is 3. The van der Waals surface area contributed by atoms with E-state index in [1.165, 1.54) is 0 Å². The number of nitrogens with zero attached hydrogens (tertiary/aromatic N) is 2. The molecule has 1 aromatic heterocycles. The quantitative estimate of drug-likeness (QED) is 0.191. The minimum absolute atomic E-state index is 0.0445. The van der Waals surface area contributed by atoms with Gasteiger partial charge in [-0.1, -0.05) is 0 Å². The minimum atomic E-state index is -1.47. The normalized spacial score (nSPS) is 12.5. The van der Waals surface area contributed by atoms with Crippen molar-refractivity contribution in [3.05, 3.63) is 35.5 Å². The molecule has 162 valence electrons. The first kappa shape index (κ1) is 23.5. The number of esters is 1. The summed E-state index contributed by atoms with van der Waals surface area (Å²) in [5.74, 6) is -1.99. The van der Waals surface area contributed by atoms with Gasteiger partial charge in [0, 0.05) is 29.9 Å². The Morgan fingerprint density at radius 1 is 1.39 bits per heavy atom. The van der Waals surface area contributed by atoms with Crippen LogP contribution in [0.1, 0.15) is 37.8 Å². The number of aliphatic hydroxyl groups is 1. The molecule has 2 rings (SSSR count). The van der Waals surface area contributed by atoms with Crippen LogP contribution in [0.2, 0.25) is 0 Å². The number of ketones is 1. The second-order valence-corrected chi connectivity index (χ2v) is 7.22. The van der Waals surface area contributed by atoms with E-state index in [0.29, 0.717) is 16.5 Å². The molecule has 31 heavy (non-hydrogen) atoms. The number of nitrogens with one attached hydrogen (secondary N) is 3. The van der Waals surface area contributed by atoms with Gasteiger partial charge in [-0.25, -0.2) is 4.79 Å². The number of aromatic amines is 1. The summed E-state index contributed by atoms with van der Waals surface area (Å²) in [7, 11) is 0. The van der Waals surface area contributed by atoms with Crippen molar-refractivity contribution in [1.29, 1.82) is 10.8 Å². The average molecular weight is 426 g/mol. The van der Waals surface area contributed by atoms with Gasteiger partial charge >= 0.3 is 12.2 Å². The molecule has 10 heteroatoms. The Kier molecular flexibility index (Phi) is 8.20. The molecule has 1 amide bonds. The van der Waals surface area contributed by atoms with Crippen molar-refractivity contribution in [3.8, 4) is 6.07 Å². The van der Waals surface area contributed by atoms with Crippen LogP contribution in [0.4, 0.5) is 0 Å². The Morgan fingerprint density at radius 2 is 2.13 bits per heavy atom. The number of fused-ring (bicyclic) bond motifs is 1. The van der Waals surface area contributed by atoms with E-state index in [9.17, 15) is 19.5 Å². The van der Waals surface area contributed by atoms with Gasteiger partial charge in [0.25, 0.3) is 0 Å². The van der Waals surface area contributed by atoms with E-state index in [0.717, 1.165) is 11.7 Å². The molecule has 0 saturated heterocycles. The van der Waals surface area contributed by atoms with Gasteiger partial charge in [-0.05, 0) is 44.0 Å². The molecule has 0 aliphatic rings. The fraction of sp³-hybridized carbons (Fsp3) is 0.381. The number of rotatable bonds is 10. The molecule has 0 fully saturated rings. The van der Waals surface area contributed by atoms with Crippen LogP contribution in [0.3, 0.4) is 0 Å². The number of amides is 1. The smallest absolute Gasteiger partial charge is 0.372 e. The van der Waals surface area contributed by atoms with E-state index in [4.69, 9.17) is 15.5 Å². The summed E-state index contributed by atoms with van der Waals surface area (Å²) in [4.78, 5) is 42.3. The Bertz CT molecular complexity index is 1060. The molecule has 2 atom stereocenters. The molecule has 0 radical (unpaired) electrons. The average Bonchev–Trinajstić information content (AvgIpc) is 3.12. The highest BCUT2D eigenvalue weighted by atomic mass is 16.5. The summed E-state index contributed by atoms with van der Waals surface area (Å²) in [5, 5.41) is 22.6. The molecule has 4 N–H and O–H groups in total. The zero-order chi connectivity index (χ0) is 23.0. The lowest BCUT2D eigenvalue weighted by molar-refractivity contribution is -0.152. The first-order valence-corrected chi connectivity index (χ1v) is 9.66. The highest BCUT2D eigenvalue weighted by molar-refractivity contribution is 6.25. The number of Topliss-reactive ketones (excluding diaryl/α,β-unsaturated/α-hetero) is 1. The summed E-state index contributed by atoms with van der Waals surface area (Å²) >= 11 is 0. The van der Waals surface area contributed by atoms with E-state index >= 15 is 0 Å². The van der Waals surface area contributed by atoms with Crippen LogP contribution in [0.5, 0.6) is 0 Å². The summed E-state index contributed by atoms with van der Waals surface area (Å²) in [6, 6.07) is 5.96. The van der Waals surface area contributed by atoms with Crippen molar-refractivity contribution < 1.29 is 29.0 Å². The maximum atomic E-state index is 12.5. The maximum absolute atomic E-state index is 12.5. The van der Waals surface area contributed by atoms with Crippen molar-refractivity contribution in [2.75, 3.05) is 0 Å². The summed E-state index contributed by atoms with van der Waals surface area (Å²) in [6.45, 7) is 3.30. The number of H-pyrrole nitrogens is 1. The highest BCUT2D eigenvalue weighted by Gasteiger charge is 2.27. The molecule has 1 heterocycles. The first-order valence-electron chi connectivity index (χ1n) is 9.66. The fourth-order valence-corrected chi connectivity index (χ4v) is 2.97. The summed E-state index contributed by atoms with van der Waals surface area (Å²) in [6.07, 6.45) is 0.327. The predicted octanol–water partition coefficient (Wildman–Crippen LogP) is 1.04. The van der Waals surface area contributed by atoms with Gasteiger partial charge < -0.3 is 20.1 Å². The van der Waals surface area contributed by atoms with Gasteiger partial charge in [0.15, 0.2) is 0 Å². The third-order valence-electron chi connectivity index (χ3n) is 4.45. The zero-order valence-electron chi connectivity index (χ0n) is 17.2. The number of hydrogen-bond acceptors (Lipinski definition) is 7. The van der Waals surface area contributed by atoms with E-state index in [2.05, 4.69) is 15.1 Å². The Morgan fingerprint density at radius 3 is 2.77 bits per heavy atom. The van der Waals surface area contributed by atoms with Gasteiger partial charge in [-0.3, -0.25) is 9.59 Å². The molecular formula is C21H24N5O5+. The van der Waals surface area contributed by atoms with Crippen LogP contribution in [-0.4, -0.2) is 57.0 Å². The number of benzene rings is 1. The molecule has 0 spiro atoms. The SMILES string of the molecule is CC(C)OC(=O)[C@H](CCC(=O)C=[N+]=N)NC(=O)[C@@H](O)Cc1c[nH]c2ccc(C#N)cc12. The molecule has 1 aromatic carbocycles. The van der Waals surface area contributed by atoms with Gasteiger partial charge in [-0.15, -0.1) is 0 Å². The van der Waals surface area contributed by atoms with E-state index < -0.39 is 35.9 Å². The summed E-state index contributed by atoms with van der Waals surface area (Å²) < 4.78 is 5.12. The molecule has 0 aliphatic heterocycles. The standard InChI is InChI=1S/C21H23N5O5/c1-12(2)31-21(30)18(6-4-15(27)11-25-23)26-20(29)19(28)8-14-10-24-17-5-3-13(9-22)7-16(14)17/h3,5,7,10-12,18-19,23-24,28H,4,6,8H2,1-2H3/p+1/t18-,19-/m0/s1. The fourth-order valence-electron chi connectivity index (χ4n) is 2.97. The van der Waals surface area contributed by atoms with Gasteiger partial charge in [0.05, 0.1) is 28.1 Å². The number of nitriles is 1. The van der Waals surface area contributed by atoms with Crippen LogP contribution in [0, 0.1) is 16.9 Å². The molecule has 10 nitrogen and oxygen atoms in total. The lowest BCUT2D eigenvalue weighted by Crippen LogP contribution is -2.47. The van der Waals surface area contributed by atoms with Crippen LogP contribution in [0.25, 0.3) is 10.9 Å². The molecule has 0 unspecified atom stereocenters. The number of ether oxygens (including phenoxy) is 1. The topological polar surface area (TPSA) is 170 Å². The Balaban J connectivity index is 2.10. The monoisotopic (exact) mass is 426 g/mol. The van der Waals surface area contributed by atoms with Gasteiger partial charge in [-0.2, -0.15) is 5.26 Å². The van der Waals surface area contributed by atoms with Crippen LogP contribution in [-0.2, 0) is 25.5 Å². The van der Waals surface area contributed by atoms with E-state index in [1.54, 1.807) is 38.2 Å². The molecule has 0 saturated carbocycles. The number of aromatic nitrogens is 1. The van der Waals surface area contributed by atoms with Crippen LogP contribution in [0.15, 0.2) is 24.4 Å². The highest BCUT2D eigenvalue weighted by Crippen LogP contribution is 2.21. The second-order valence-electron chi connectivity index (χ2n) is 7.22. The predicted molar refractivity (Wildman–Crippen MR) is 109 cm³/mol. The third-order valence-corrected chi connectivity index (χ3v) is 4.45. The van der Waals surface area contributed by atoms with Crippen LogP contribution >= 0.6 is 0 Å². The molecular weight excluding hydrogens is 402 g/mol.